The quantitative estimate of drug-likeness (QED) is 0.192. The van der Waals surface area contributed by atoms with Gasteiger partial charge in [-0.25, -0.2) is 0 Å². The van der Waals surface area contributed by atoms with Gasteiger partial charge >= 0.3 is 6.18 Å². The highest BCUT2D eigenvalue weighted by atomic mass is 32.1. The highest BCUT2D eigenvalue weighted by Crippen LogP contribution is 2.29. The first-order chi connectivity index (χ1) is 18.8. The predicted octanol–water partition coefficient (Wildman–Crippen LogP) is 7.48. The van der Waals surface area contributed by atoms with Crippen molar-refractivity contribution in [1.82, 2.24) is 0 Å². The summed E-state index contributed by atoms with van der Waals surface area (Å²) in [5.74, 6) is -0.204. The van der Waals surface area contributed by atoms with E-state index in [-0.39, 0.29) is 6.73 Å². The number of alkyl halides is 3. The molecule has 0 aromatic heterocycles. The van der Waals surface area contributed by atoms with E-state index in [2.05, 4.69) is 14.7 Å². The third-order valence-electron chi connectivity index (χ3n) is 6.02. The van der Waals surface area contributed by atoms with Gasteiger partial charge in [-0.15, -0.1) is 0 Å². The summed E-state index contributed by atoms with van der Waals surface area (Å²) < 4.78 is 51.7. The van der Waals surface area contributed by atoms with E-state index in [0.29, 0.717) is 12.4 Å². The molecule has 2 aliphatic rings. The van der Waals surface area contributed by atoms with Crippen molar-refractivity contribution in [1.29, 1.82) is 0 Å². The topological polar surface area (TPSA) is 36.8 Å². The summed E-state index contributed by atoms with van der Waals surface area (Å²) in [6.07, 6.45) is -3.42. The van der Waals surface area contributed by atoms with Gasteiger partial charge in [-0.1, -0.05) is 66.7 Å². The van der Waals surface area contributed by atoms with E-state index in [1.54, 1.807) is 11.5 Å². The molecule has 39 heavy (non-hydrogen) atoms. The number of ether oxygens (including phenoxy) is 2. The van der Waals surface area contributed by atoms with Crippen LogP contribution in [0.5, 0.6) is 0 Å². The second kappa shape index (κ2) is 12.5. The molecule has 5 rings (SSSR count). The number of rotatable bonds is 4. The molecule has 198 valence electrons. The molecule has 0 radical (unpaired) electrons. The Hall–Kier alpha value is -4.33. The molecule has 3 aromatic rings. The minimum Gasteiger partial charge on any atom is -0.433 e. The van der Waals surface area contributed by atoms with Gasteiger partial charge in [-0.3, -0.25) is 0 Å². The van der Waals surface area contributed by atoms with Gasteiger partial charge in [0.15, 0.2) is 17.2 Å². The first-order valence-corrected chi connectivity index (χ1v) is 12.4. The number of nitrogens with zero attached hydrogens (tertiary/aromatic N) is 3. The molecule has 0 N–H and O–H groups in total. The van der Waals surface area contributed by atoms with Crippen molar-refractivity contribution in [2.24, 2.45) is 4.99 Å². The molecule has 5 nitrogen and oxygen atoms in total. The molecule has 9 heteroatoms. The molecule has 0 spiro atoms. The Morgan fingerprint density at radius 3 is 1.79 bits per heavy atom. The van der Waals surface area contributed by atoms with Crippen LogP contribution in [0.1, 0.15) is 19.4 Å². The van der Waals surface area contributed by atoms with Crippen molar-refractivity contribution in [2.75, 3.05) is 13.5 Å². The van der Waals surface area contributed by atoms with E-state index in [9.17, 15) is 13.2 Å². The molecule has 3 aromatic carbocycles. The summed E-state index contributed by atoms with van der Waals surface area (Å²) in [5.41, 5.74) is 5.07. The van der Waals surface area contributed by atoms with Crippen LogP contribution < -0.4 is 0 Å². The molecular formula is C30H26F3N3O2S+2. The van der Waals surface area contributed by atoms with E-state index in [0.717, 1.165) is 40.2 Å². The number of halogens is 3. The average Bonchev–Trinajstić information content (AvgIpc) is 2.95. The van der Waals surface area contributed by atoms with Crippen LogP contribution >= 0.6 is 12.2 Å². The molecule has 0 fully saturated rings. The van der Waals surface area contributed by atoms with Crippen molar-refractivity contribution < 1.29 is 31.8 Å². The summed E-state index contributed by atoms with van der Waals surface area (Å²) in [4.78, 5) is 4.24. The SMILES string of the molecule is CC1=[N+](c2ccccc2)COC(C(F)(F)F)=C1.CC1=[N+](c2ccccc2)COC(c2ccccc2)=C1N=C=S. The second-order valence-corrected chi connectivity index (χ2v) is 8.74. The number of benzene rings is 3. The zero-order valence-corrected chi connectivity index (χ0v) is 22.2. The Labute approximate surface area is 230 Å². The maximum Gasteiger partial charge on any atom is 0.449 e. The minimum absolute atomic E-state index is 0.124. The first kappa shape index (κ1) is 27.7. The number of isothiocyanates is 1. The Bertz CT molecular complexity index is 1490. The number of aliphatic imine (C=N–C) groups is 1. The van der Waals surface area contributed by atoms with Crippen LogP contribution in [0.25, 0.3) is 5.76 Å². The maximum absolute atomic E-state index is 12.4. The van der Waals surface area contributed by atoms with Crippen molar-refractivity contribution in [3.63, 3.8) is 0 Å². The zero-order chi connectivity index (χ0) is 27.8. The summed E-state index contributed by atoms with van der Waals surface area (Å²) in [6, 6.07) is 29.1. The highest BCUT2D eigenvalue weighted by molar-refractivity contribution is 7.78. The van der Waals surface area contributed by atoms with Crippen LogP contribution in [0.2, 0.25) is 0 Å². The van der Waals surface area contributed by atoms with Gasteiger partial charge in [-0.05, 0) is 12.2 Å². The average molecular weight is 550 g/mol. The molecule has 0 unspecified atom stereocenters. The van der Waals surface area contributed by atoms with E-state index in [4.69, 9.17) is 21.7 Å². The largest absolute Gasteiger partial charge is 0.449 e. The van der Waals surface area contributed by atoms with Crippen LogP contribution in [0.15, 0.2) is 114 Å². The summed E-state index contributed by atoms with van der Waals surface area (Å²) in [7, 11) is 0. The fourth-order valence-electron chi connectivity index (χ4n) is 4.04. The van der Waals surface area contributed by atoms with Crippen LogP contribution in [-0.4, -0.2) is 45.4 Å². The maximum atomic E-state index is 12.4. The lowest BCUT2D eigenvalue weighted by Gasteiger charge is -2.18. The van der Waals surface area contributed by atoms with Gasteiger partial charge in [0.2, 0.25) is 22.8 Å². The highest BCUT2D eigenvalue weighted by Gasteiger charge is 2.39. The van der Waals surface area contributed by atoms with Gasteiger partial charge in [0.25, 0.3) is 13.5 Å². The minimum atomic E-state index is -4.43. The normalized spacial score (nSPS) is 15.4. The van der Waals surface area contributed by atoms with Crippen molar-refractivity contribution in [2.45, 2.75) is 20.0 Å². The lowest BCUT2D eigenvalue weighted by Crippen LogP contribution is -2.27. The van der Waals surface area contributed by atoms with Gasteiger partial charge in [0.1, 0.15) is 0 Å². The third kappa shape index (κ3) is 6.76. The Morgan fingerprint density at radius 2 is 1.28 bits per heavy atom. The molecule has 2 heterocycles. The Balaban J connectivity index is 0.000000187. The van der Waals surface area contributed by atoms with Crippen LogP contribution in [0.3, 0.4) is 0 Å². The second-order valence-electron chi connectivity index (χ2n) is 8.55. The summed E-state index contributed by atoms with van der Waals surface area (Å²) >= 11 is 4.81. The third-order valence-corrected chi connectivity index (χ3v) is 6.12. The van der Waals surface area contributed by atoms with Crippen LogP contribution in [0, 0.1) is 0 Å². The Kier molecular flexibility index (Phi) is 8.86. The molecule has 2 aliphatic heterocycles. The lowest BCUT2D eigenvalue weighted by molar-refractivity contribution is -0.492. The molecule has 0 amide bonds. The lowest BCUT2D eigenvalue weighted by atomic mass is 10.1. The Morgan fingerprint density at radius 1 is 0.769 bits per heavy atom. The molecule has 0 bridgehead atoms. The number of para-hydroxylation sites is 2. The number of hydrogen-bond donors (Lipinski definition) is 0. The molecule has 0 atom stereocenters. The smallest absolute Gasteiger partial charge is 0.433 e. The standard InChI is InChI=1S/C18H15N2OS.C12H11F3NO/c1-14-17(19-12-22)18(15-8-4-2-5-9-15)21-13-20(14)16-10-6-3-7-11-16;1-9-7-11(12(13,14)15)17-8-16(9)10-5-3-2-4-6-10/h2-11H,13H2,1H3;2-7H,8H2,1H3/q2*+1. The van der Waals surface area contributed by atoms with E-state index >= 15 is 0 Å². The van der Waals surface area contributed by atoms with Crippen LogP contribution in [-0.2, 0) is 9.47 Å². The fraction of sp³-hybridized carbons (Fsp3) is 0.167. The molecule has 0 saturated heterocycles. The summed E-state index contributed by atoms with van der Waals surface area (Å²) in [6.45, 7) is 3.96. The fourth-order valence-corrected chi connectivity index (χ4v) is 4.14. The predicted molar refractivity (Wildman–Crippen MR) is 149 cm³/mol. The van der Waals surface area contributed by atoms with Gasteiger partial charge in [-0.2, -0.15) is 27.3 Å². The van der Waals surface area contributed by atoms with Gasteiger partial charge in [0, 0.05) is 43.7 Å². The van der Waals surface area contributed by atoms with E-state index < -0.39 is 11.9 Å². The molecular weight excluding hydrogens is 523 g/mol. The van der Waals surface area contributed by atoms with Crippen molar-refractivity contribution >= 4 is 45.9 Å². The summed E-state index contributed by atoms with van der Waals surface area (Å²) in [5, 5.41) is 2.46. The van der Waals surface area contributed by atoms with Crippen LogP contribution in [0.4, 0.5) is 24.5 Å². The number of hydrogen-bond acceptors (Lipinski definition) is 4. The first-order valence-electron chi connectivity index (χ1n) is 12.0. The van der Waals surface area contributed by atoms with Gasteiger partial charge < -0.3 is 9.47 Å². The molecule has 0 saturated carbocycles. The number of thiocarbonyl (C=S) groups is 1. The number of allylic oxidation sites excluding steroid dienone is 3. The van der Waals surface area contributed by atoms with Gasteiger partial charge in [0.05, 0.1) is 11.2 Å². The van der Waals surface area contributed by atoms with E-state index in [1.807, 2.05) is 97.9 Å². The van der Waals surface area contributed by atoms with E-state index in [1.165, 1.54) is 0 Å². The zero-order valence-electron chi connectivity index (χ0n) is 21.4. The van der Waals surface area contributed by atoms with Crippen molar-refractivity contribution in [3.8, 4) is 0 Å². The monoisotopic (exact) mass is 549 g/mol. The molecule has 0 aliphatic carbocycles. The van der Waals surface area contributed by atoms with Crippen molar-refractivity contribution in [3.05, 3.63) is 114 Å².